The Hall–Kier alpha value is -2.96. The maximum absolute atomic E-state index is 14.5. The van der Waals surface area contributed by atoms with Crippen LogP contribution in [0.1, 0.15) is 15.9 Å². The van der Waals surface area contributed by atoms with E-state index < -0.39 is 17.2 Å². The average Bonchev–Trinajstić information content (AvgIpc) is 3.23. The molecule has 0 aliphatic carbocycles. The highest BCUT2D eigenvalue weighted by Gasteiger charge is 2.16. The van der Waals surface area contributed by atoms with E-state index in [2.05, 4.69) is 10.3 Å². The largest absolute Gasteiger partial charge is 0.358 e. The summed E-state index contributed by atoms with van der Waals surface area (Å²) >= 11 is 7.30. The van der Waals surface area contributed by atoms with Gasteiger partial charge in [0.2, 0.25) is 5.43 Å². The van der Waals surface area contributed by atoms with Crippen LogP contribution in [0.3, 0.4) is 0 Å². The Kier molecular flexibility index (Phi) is 4.98. The molecule has 0 spiro atoms. The van der Waals surface area contributed by atoms with Crippen LogP contribution in [-0.2, 0) is 6.54 Å². The third-order valence-electron chi connectivity index (χ3n) is 4.36. The first kappa shape index (κ1) is 18.4. The minimum Gasteiger partial charge on any atom is -0.358 e. The van der Waals surface area contributed by atoms with E-state index in [1.165, 1.54) is 23.6 Å². The molecule has 0 bridgehead atoms. The van der Waals surface area contributed by atoms with Crippen LogP contribution in [0.15, 0.2) is 64.9 Å². The number of aromatic nitrogens is 1. The van der Waals surface area contributed by atoms with Crippen LogP contribution in [0.25, 0.3) is 21.3 Å². The summed E-state index contributed by atoms with van der Waals surface area (Å²) < 4.78 is 14.5. The number of carbonyl (C=O) groups excluding carboxylic acids is 1. The van der Waals surface area contributed by atoms with Gasteiger partial charge in [-0.05, 0) is 46.8 Å². The van der Waals surface area contributed by atoms with Crippen molar-refractivity contribution in [1.29, 1.82) is 0 Å². The Bertz CT molecular complexity index is 1220. The van der Waals surface area contributed by atoms with Crippen molar-refractivity contribution in [2.75, 3.05) is 0 Å². The molecule has 0 radical (unpaired) electrons. The summed E-state index contributed by atoms with van der Waals surface area (Å²) in [7, 11) is 0. The molecule has 4 nitrogen and oxygen atoms in total. The van der Waals surface area contributed by atoms with Crippen molar-refractivity contribution >= 4 is 39.7 Å². The van der Waals surface area contributed by atoms with E-state index in [9.17, 15) is 14.0 Å². The molecule has 1 amide bonds. The van der Waals surface area contributed by atoms with Gasteiger partial charge in [-0.2, -0.15) is 0 Å². The Morgan fingerprint density at radius 3 is 2.68 bits per heavy atom. The molecule has 0 saturated carbocycles. The molecule has 2 aromatic carbocycles. The lowest BCUT2D eigenvalue weighted by molar-refractivity contribution is 0.0949. The SMILES string of the molecule is O=C(NCc1ccc(Cl)cc1)c1c[nH]c2c(F)cc(-c3cccs3)cc2c1=O. The monoisotopic (exact) mass is 412 g/mol. The molecule has 4 rings (SSSR count). The normalized spacial score (nSPS) is 10.9. The second-order valence-corrected chi connectivity index (χ2v) is 7.58. The standard InChI is InChI=1S/C21H14ClFN2O2S/c22-14-5-3-12(4-6-14)10-25-21(27)16-11-24-19-15(20(16)26)8-13(9-17(19)23)18-2-1-7-28-18/h1-9,11H,10H2,(H,24,26)(H,25,27). The van der Waals surface area contributed by atoms with Crippen LogP contribution in [-0.4, -0.2) is 10.9 Å². The fraction of sp³-hybridized carbons (Fsp3) is 0.0476. The molecule has 28 heavy (non-hydrogen) atoms. The van der Waals surface area contributed by atoms with Gasteiger partial charge in [-0.15, -0.1) is 11.3 Å². The Morgan fingerprint density at radius 1 is 1.18 bits per heavy atom. The zero-order valence-corrected chi connectivity index (χ0v) is 16.0. The van der Waals surface area contributed by atoms with Gasteiger partial charge in [0.1, 0.15) is 11.4 Å². The maximum Gasteiger partial charge on any atom is 0.257 e. The van der Waals surface area contributed by atoms with Gasteiger partial charge in [-0.3, -0.25) is 9.59 Å². The number of benzene rings is 2. The first-order valence-electron chi connectivity index (χ1n) is 8.44. The number of thiophene rings is 1. The number of nitrogens with one attached hydrogen (secondary N) is 2. The molecule has 140 valence electrons. The van der Waals surface area contributed by atoms with Crippen LogP contribution in [0.2, 0.25) is 5.02 Å². The fourth-order valence-corrected chi connectivity index (χ4v) is 3.76. The van der Waals surface area contributed by atoms with E-state index in [4.69, 9.17) is 11.6 Å². The molecule has 7 heteroatoms. The summed E-state index contributed by atoms with van der Waals surface area (Å²) in [5.41, 5.74) is 0.952. The highest BCUT2D eigenvalue weighted by Crippen LogP contribution is 2.28. The van der Waals surface area contributed by atoms with E-state index in [1.807, 2.05) is 17.5 Å². The zero-order chi connectivity index (χ0) is 19.7. The third-order valence-corrected chi connectivity index (χ3v) is 5.53. The summed E-state index contributed by atoms with van der Waals surface area (Å²) in [5.74, 6) is -1.06. The fourth-order valence-electron chi connectivity index (χ4n) is 2.92. The van der Waals surface area contributed by atoms with Crippen molar-refractivity contribution < 1.29 is 9.18 Å². The topological polar surface area (TPSA) is 62.0 Å². The van der Waals surface area contributed by atoms with Crippen molar-refractivity contribution in [2.24, 2.45) is 0 Å². The van der Waals surface area contributed by atoms with Gasteiger partial charge in [-0.1, -0.05) is 29.8 Å². The highest BCUT2D eigenvalue weighted by molar-refractivity contribution is 7.13. The minimum atomic E-state index is -0.536. The van der Waals surface area contributed by atoms with Gasteiger partial charge in [0.25, 0.3) is 5.91 Å². The number of hydrogen-bond acceptors (Lipinski definition) is 3. The zero-order valence-electron chi connectivity index (χ0n) is 14.5. The van der Waals surface area contributed by atoms with Crippen molar-refractivity contribution in [3.05, 3.63) is 92.3 Å². The molecular weight excluding hydrogens is 399 g/mol. The smallest absolute Gasteiger partial charge is 0.257 e. The van der Waals surface area contributed by atoms with Crippen LogP contribution in [0, 0.1) is 5.82 Å². The lowest BCUT2D eigenvalue weighted by atomic mass is 10.1. The second-order valence-electron chi connectivity index (χ2n) is 6.20. The number of amides is 1. The lowest BCUT2D eigenvalue weighted by Gasteiger charge is -2.08. The molecule has 2 heterocycles. The molecule has 0 saturated heterocycles. The second kappa shape index (κ2) is 7.58. The molecule has 0 aliphatic heterocycles. The van der Waals surface area contributed by atoms with Gasteiger partial charge in [0.05, 0.1) is 5.52 Å². The molecule has 2 N–H and O–H groups in total. The van der Waals surface area contributed by atoms with Gasteiger partial charge < -0.3 is 10.3 Å². The molecule has 0 aliphatic rings. The first-order chi connectivity index (χ1) is 13.5. The van der Waals surface area contributed by atoms with Gasteiger partial charge in [0, 0.05) is 28.0 Å². The number of carbonyl (C=O) groups is 1. The van der Waals surface area contributed by atoms with Crippen LogP contribution >= 0.6 is 22.9 Å². The summed E-state index contributed by atoms with van der Waals surface area (Å²) in [5, 5.41) is 5.32. The van der Waals surface area contributed by atoms with Gasteiger partial charge in [-0.25, -0.2) is 4.39 Å². The quantitative estimate of drug-likeness (QED) is 0.496. The van der Waals surface area contributed by atoms with E-state index in [1.54, 1.807) is 30.3 Å². The molecule has 0 unspecified atom stereocenters. The maximum atomic E-state index is 14.5. The minimum absolute atomic E-state index is 0.0656. The third kappa shape index (κ3) is 3.56. The van der Waals surface area contributed by atoms with Crippen LogP contribution in [0.5, 0.6) is 0 Å². The predicted octanol–water partition coefficient (Wildman–Crippen LogP) is 4.98. The van der Waals surface area contributed by atoms with Crippen LogP contribution < -0.4 is 10.7 Å². The molecular formula is C21H14ClFN2O2S. The molecule has 0 fully saturated rings. The Balaban J connectivity index is 1.67. The highest BCUT2D eigenvalue weighted by atomic mass is 35.5. The number of H-pyrrole nitrogens is 1. The summed E-state index contributed by atoms with van der Waals surface area (Å²) in [6.07, 6.45) is 1.25. The summed E-state index contributed by atoms with van der Waals surface area (Å²) in [4.78, 5) is 28.9. The lowest BCUT2D eigenvalue weighted by Crippen LogP contribution is -2.28. The van der Waals surface area contributed by atoms with Crippen molar-refractivity contribution in [3.8, 4) is 10.4 Å². The van der Waals surface area contributed by atoms with Crippen molar-refractivity contribution in [2.45, 2.75) is 6.54 Å². The van der Waals surface area contributed by atoms with Gasteiger partial charge >= 0.3 is 0 Å². The average molecular weight is 413 g/mol. The van der Waals surface area contributed by atoms with Crippen LogP contribution in [0.4, 0.5) is 4.39 Å². The Morgan fingerprint density at radius 2 is 1.96 bits per heavy atom. The molecule has 4 aromatic rings. The number of fused-ring (bicyclic) bond motifs is 1. The van der Waals surface area contributed by atoms with E-state index in [0.29, 0.717) is 10.6 Å². The number of aromatic amines is 1. The molecule has 2 aromatic heterocycles. The number of rotatable bonds is 4. The van der Waals surface area contributed by atoms with E-state index in [-0.39, 0.29) is 23.0 Å². The number of hydrogen-bond donors (Lipinski definition) is 2. The number of halogens is 2. The number of pyridine rings is 1. The first-order valence-corrected chi connectivity index (χ1v) is 9.70. The summed E-state index contributed by atoms with van der Waals surface area (Å²) in [6.45, 7) is 0.247. The molecule has 0 atom stereocenters. The Labute approximate surface area is 168 Å². The van der Waals surface area contributed by atoms with E-state index >= 15 is 0 Å². The van der Waals surface area contributed by atoms with Crippen molar-refractivity contribution in [3.63, 3.8) is 0 Å². The summed E-state index contributed by atoms with van der Waals surface area (Å²) in [6, 6.07) is 13.7. The van der Waals surface area contributed by atoms with Gasteiger partial charge in [0.15, 0.2) is 0 Å². The predicted molar refractivity (Wildman–Crippen MR) is 110 cm³/mol. The van der Waals surface area contributed by atoms with Crippen molar-refractivity contribution in [1.82, 2.24) is 10.3 Å². The van der Waals surface area contributed by atoms with E-state index in [0.717, 1.165) is 10.4 Å².